The molecule has 4 aromatic heterocycles. The van der Waals surface area contributed by atoms with Gasteiger partial charge in [-0.25, -0.2) is 9.97 Å². The highest BCUT2D eigenvalue weighted by Crippen LogP contribution is 2.34. The summed E-state index contributed by atoms with van der Waals surface area (Å²) >= 11 is 0. The molecule has 0 fully saturated rings. The normalized spacial score (nSPS) is 13.0. The van der Waals surface area contributed by atoms with Gasteiger partial charge in [0.15, 0.2) is 0 Å². The average Bonchev–Trinajstić information content (AvgIpc) is 3.80. The minimum atomic E-state index is -0.0220. The lowest BCUT2D eigenvalue weighted by atomic mass is 9.86. The summed E-state index contributed by atoms with van der Waals surface area (Å²) < 4.78 is 11.0. The Morgan fingerprint density at radius 3 is 1.22 bits per heavy atom. The minimum absolute atomic E-state index is 0.0220. The fraction of sp³-hybridized carbons (Fsp3) is 0.200. The van der Waals surface area contributed by atoms with E-state index in [2.05, 4.69) is 87.9 Å². The molecule has 8 rings (SSSR count). The average molecular weight is 761 g/mol. The number of aromatic amines is 2. The zero-order valence-electron chi connectivity index (χ0n) is 34.0. The van der Waals surface area contributed by atoms with E-state index in [1.54, 1.807) is 14.2 Å². The third-order valence-electron chi connectivity index (χ3n) is 10.9. The SMILES string of the molecule is COc1ccc(-c2[nH]c(=C(C#N)c3ccc4cc(C(C)(C)C)ccc4n3)c3c(-c4ccc(OC)cc4)[nH]c(=C(C#N)c4ccc5cc(C(C)(C)C)ccc5n4)c23)cc1. The van der Waals surface area contributed by atoms with Gasteiger partial charge in [-0.15, -0.1) is 0 Å². The number of nitrogens with zero attached hydrogens (tertiary/aromatic N) is 4. The number of hydrogen-bond acceptors (Lipinski definition) is 6. The Morgan fingerprint density at radius 1 is 0.517 bits per heavy atom. The molecule has 4 aromatic carbocycles. The summed E-state index contributed by atoms with van der Waals surface area (Å²) in [5.74, 6) is 1.41. The lowest BCUT2D eigenvalue weighted by molar-refractivity contribution is 0.415. The molecule has 0 bridgehead atoms. The van der Waals surface area contributed by atoms with Crippen molar-refractivity contribution in [3.63, 3.8) is 0 Å². The monoisotopic (exact) mass is 760 g/mol. The van der Waals surface area contributed by atoms with Crippen LogP contribution in [0.25, 0.3) is 66.2 Å². The number of benzene rings is 4. The first-order chi connectivity index (χ1) is 27.8. The second kappa shape index (κ2) is 14.4. The van der Waals surface area contributed by atoms with Gasteiger partial charge in [-0.05, 0) is 118 Å². The number of hydrogen-bond donors (Lipinski definition) is 2. The van der Waals surface area contributed by atoms with Crippen LogP contribution >= 0.6 is 0 Å². The molecule has 0 radical (unpaired) electrons. The summed E-state index contributed by atoms with van der Waals surface area (Å²) in [7, 11) is 3.27. The molecule has 0 atom stereocenters. The Balaban J connectivity index is 1.49. The van der Waals surface area contributed by atoms with E-state index in [9.17, 15) is 10.5 Å². The van der Waals surface area contributed by atoms with Crippen molar-refractivity contribution >= 4 is 43.7 Å². The van der Waals surface area contributed by atoms with Crippen molar-refractivity contribution < 1.29 is 9.47 Å². The van der Waals surface area contributed by atoms with Crippen molar-refractivity contribution in [1.82, 2.24) is 19.9 Å². The van der Waals surface area contributed by atoms with Crippen LogP contribution in [0.1, 0.15) is 64.1 Å². The lowest BCUT2D eigenvalue weighted by Crippen LogP contribution is -2.12. The van der Waals surface area contributed by atoms with E-state index >= 15 is 0 Å². The summed E-state index contributed by atoms with van der Waals surface area (Å²) in [6.07, 6.45) is 0. The van der Waals surface area contributed by atoms with Crippen LogP contribution in [0.5, 0.6) is 11.5 Å². The Morgan fingerprint density at radius 2 is 0.897 bits per heavy atom. The van der Waals surface area contributed by atoms with E-state index in [0.29, 0.717) is 44.7 Å². The molecule has 0 aliphatic rings. The van der Waals surface area contributed by atoms with Gasteiger partial charge in [0.25, 0.3) is 0 Å². The van der Waals surface area contributed by atoms with Gasteiger partial charge >= 0.3 is 0 Å². The van der Waals surface area contributed by atoms with Crippen LogP contribution in [0.2, 0.25) is 0 Å². The molecule has 8 heteroatoms. The molecule has 8 aromatic rings. The summed E-state index contributed by atoms with van der Waals surface area (Å²) in [6, 6.07) is 40.9. The first kappa shape index (κ1) is 37.7. The predicted octanol–water partition coefficient (Wildman–Crippen LogP) is 9.98. The number of aromatic nitrogens is 4. The number of nitrogens with one attached hydrogen (secondary N) is 2. The second-order valence-corrected chi connectivity index (χ2v) is 16.6. The van der Waals surface area contributed by atoms with Crippen LogP contribution in [0.15, 0.2) is 109 Å². The highest BCUT2D eigenvalue weighted by molar-refractivity contribution is 6.08. The Bertz CT molecular complexity index is 2890. The highest BCUT2D eigenvalue weighted by Gasteiger charge is 2.24. The van der Waals surface area contributed by atoms with E-state index in [-0.39, 0.29) is 10.8 Å². The van der Waals surface area contributed by atoms with Crippen LogP contribution in [-0.2, 0) is 10.8 Å². The highest BCUT2D eigenvalue weighted by atomic mass is 16.5. The third-order valence-corrected chi connectivity index (χ3v) is 10.9. The second-order valence-electron chi connectivity index (χ2n) is 16.6. The molecular weight excluding hydrogens is 717 g/mol. The van der Waals surface area contributed by atoms with E-state index in [1.165, 1.54) is 11.1 Å². The van der Waals surface area contributed by atoms with Crippen molar-refractivity contribution in [2.24, 2.45) is 0 Å². The quantitative estimate of drug-likeness (QED) is 0.174. The molecule has 0 amide bonds. The van der Waals surface area contributed by atoms with Gasteiger partial charge < -0.3 is 19.4 Å². The zero-order valence-corrected chi connectivity index (χ0v) is 34.0. The maximum atomic E-state index is 11.0. The molecule has 286 valence electrons. The van der Waals surface area contributed by atoms with E-state index in [0.717, 1.165) is 55.1 Å². The van der Waals surface area contributed by atoms with Crippen molar-refractivity contribution in [1.29, 1.82) is 10.5 Å². The lowest BCUT2D eigenvalue weighted by Gasteiger charge is -2.19. The van der Waals surface area contributed by atoms with Crippen molar-refractivity contribution in [3.05, 3.63) is 142 Å². The number of pyridine rings is 2. The Kier molecular flexibility index (Phi) is 9.38. The molecule has 58 heavy (non-hydrogen) atoms. The molecule has 0 aliphatic heterocycles. The number of H-pyrrole nitrogens is 2. The van der Waals surface area contributed by atoms with Crippen molar-refractivity contribution in [2.45, 2.75) is 52.4 Å². The van der Waals surface area contributed by atoms with E-state index in [4.69, 9.17) is 19.4 Å². The largest absolute Gasteiger partial charge is 0.497 e. The van der Waals surface area contributed by atoms with Gasteiger partial charge in [0.2, 0.25) is 0 Å². The van der Waals surface area contributed by atoms with Crippen LogP contribution in [0.4, 0.5) is 0 Å². The number of ether oxygens (including phenoxy) is 2. The fourth-order valence-corrected chi connectivity index (χ4v) is 7.52. The smallest absolute Gasteiger partial charge is 0.118 e. The van der Waals surface area contributed by atoms with Crippen LogP contribution in [0, 0.1) is 22.7 Å². The summed E-state index contributed by atoms with van der Waals surface area (Å²) in [6.45, 7) is 13.1. The first-order valence-corrected chi connectivity index (χ1v) is 19.3. The topological polar surface area (TPSA) is 123 Å². The number of methoxy groups -OCH3 is 2. The molecule has 0 unspecified atom stereocenters. The first-order valence-electron chi connectivity index (χ1n) is 19.3. The van der Waals surface area contributed by atoms with Gasteiger partial charge in [-0.1, -0.05) is 65.8 Å². The van der Waals surface area contributed by atoms with Gasteiger partial charge in [-0.2, -0.15) is 10.5 Å². The summed E-state index contributed by atoms with van der Waals surface area (Å²) in [4.78, 5) is 17.4. The Hall–Kier alpha value is -7.16. The third kappa shape index (κ3) is 6.73. The zero-order chi connectivity index (χ0) is 40.9. The predicted molar refractivity (Wildman–Crippen MR) is 233 cm³/mol. The van der Waals surface area contributed by atoms with E-state index < -0.39 is 0 Å². The van der Waals surface area contributed by atoms with Crippen molar-refractivity contribution in [3.8, 4) is 46.2 Å². The maximum absolute atomic E-state index is 11.0. The number of nitriles is 2. The fourth-order valence-electron chi connectivity index (χ4n) is 7.52. The number of rotatable bonds is 6. The standard InChI is InChI=1S/C50H44N6O2/c1-49(2,3)33-15-23-39-31(25-33)13-21-41(53-39)37(27-51)47-43-44(46(55-47)30-11-19-36(58-8)20-12-30)48(56-45(43)29-9-17-35(57-7)18-10-29)38(28-52)42-22-14-32-26-34(50(4,5)6)16-24-40(32)54-42/h9-26,55-56H,1-8H3. The molecule has 0 spiro atoms. The Labute approximate surface area is 337 Å². The van der Waals surface area contributed by atoms with Gasteiger partial charge in [-0.3, -0.25) is 0 Å². The van der Waals surface area contributed by atoms with Gasteiger partial charge in [0.1, 0.15) is 34.8 Å². The molecule has 8 nitrogen and oxygen atoms in total. The van der Waals surface area contributed by atoms with E-state index in [1.807, 2.05) is 84.9 Å². The molecule has 4 heterocycles. The minimum Gasteiger partial charge on any atom is -0.497 e. The van der Waals surface area contributed by atoms with Gasteiger partial charge in [0.05, 0.1) is 58.7 Å². The molecule has 2 N–H and O–H groups in total. The summed E-state index contributed by atoms with van der Waals surface area (Å²) in [5.41, 5.74) is 8.88. The molecule has 0 aliphatic carbocycles. The molecular formula is C50H44N6O2. The van der Waals surface area contributed by atoms with Crippen molar-refractivity contribution in [2.75, 3.05) is 14.2 Å². The molecule has 0 saturated carbocycles. The van der Waals surface area contributed by atoms with Crippen LogP contribution in [0.3, 0.4) is 0 Å². The maximum Gasteiger partial charge on any atom is 0.118 e. The summed E-state index contributed by atoms with van der Waals surface area (Å²) in [5, 5.41) is 26.7. The number of fused-ring (bicyclic) bond motifs is 3. The van der Waals surface area contributed by atoms with Crippen LogP contribution < -0.4 is 20.2 Å². The van der Waals surface area contributed by atoms with Crippen LogP contribution in [-0.4, -0.2) is 34.2 Å². The van der Waals surface area contributed by atoms with Gasteiger partial charge in [0, 0.05) is 21.5 Å². The molecule has 0 saturated heterocycles.